The van der Waals surface area contributed by atoms with Gasteiger partial charge in [0.05, 0.1) is 26.7 Å². The molecule has 1 aliphatic rings. The van der Waals surface area contributed by atoms with E-state index in [0.717, 1.165) is 27.5 Å². The predicted molar refractivity (Wildman–Crippen MR) is 142 cm³/mol. The van der Waals surface area contributed by atoms with E-state index in [1.807, 2.05) is 29.0 Å². The molecule has 0 fully saturated rings. The lowest BCUT2D eigenvalue weighted by Gasteiger charge is -2.32. The summed E-state index contributed by atoms with van der Waals surface area (Å²) in [5.41, 5.74) is 2.39. The molecule has 0 unspecified atom stereocenters. The molecule has 0 atom stereocenters. The van der Waals surface area contributed by atoms with E-state index in [1.165, 1.54) is 17.9 Å². The number of aryl methyl sites for hydroxylation is 1. The minimum Gasteiger partial charge on any atom is -0.493 e. The number of rotatable bonds is 6. The number of hydrogen-bond donors (Lipinski definition) is 0. The smallest absolute Gasteiger partial charge is 0.435 e. The van der Waals surface area contributed by atoms with Crippen LogP contribution in [0.4, 0.5) is 19.0 Å². The number of alkyl halides is 3. The van der Waals surface area contributed by atoms with Gasteiger partial charge < -0.3 is 18.9 Å². The molecule has 9 nitrogen and oxygen atoms in total. The van der Waals surface area contributed by atoms with Gasteiger partial charge in [0.2, 0.25) is 0 Å². The van der Waals surface area contributed by atoms with Crippen molar-refractivity contribution in [3.05, 3.63) is 77.8 Å². The maximum atomic E-state index is 14.0. The summed E-state index contributed by atoms with van der Waals surface area (Å²) in [5.74, 6) is 1.83. The summed E-state index contributed by atoms with van der Waals surface area (Å²) >= 11 is 0. The van der Waals surface area contributed by atoms with Crippen LogP contribution >= 0.6 is 0 Å². The highest BCUT2D eigenvalue weighted by molar-refractivity contribution is 5.94. The highest BCUT2D eigenvalue weighted by atomic mass is 19.4. The second-order valence-corrected chi connectivity index (χ2v) is 9.71. The number of benzene rings is 2. The molecule has 12 heteroatoms. The Kier molecular flexibility index (Phi) is 6.32. The highest BCUT2D eigenvalue weighted by Gasteiger charge is 2.38. The fourth-order valence-electron chi connectivity index (χ4n) is 5.39. The van der Waals surface area contributed by atoms with Crippen molar-refractivity contribution in [1.82, 2.24) is 29.5 Å². The number of aromatic nitrogens is 6. The van der Waals surface area contributed by atoms with Crippen LogP contribution in [-0.4, -0.2) is 50.3 Å². The average Bonchev–Trinajstić information content (AvgIpc) is 3.60. The van der Waals surface area contributed by atoms with Gasteiger partial charge in [0, 0.05) is 61.6 Å². The summed E-state index contributed by atoms with van der Waals surface area (Å²) in [6.45, 7) is 1.46. The van der Waals surface area contributed by atoms with E-state index >= 15 is 0 Å². The zero-order valence-electron chi connectivity index (χ0n) is 22.1. The van der Waals surface area contributed by atoms with Crippen LogP contribution in [0.2, 0.25) is 0 Å². The zero-order valence-corrected chi connectivity index (χ0v) is 22.1. The number of ether oxygens (including phenoxy) is 2. The molecule has 0 radical (unpaired) electrons. The van der Waals surface area contributed by atoms with Gasteiger partial charge in [0.15, 0.2) is 23.0 Å². The van der Waals surface area contributed by atoms with Crippen LogP contribution in [0, 0.1) is 0 Å². The Bertz CT molecular complexity index is 1700. The molecule has 5 aromatic rings. The van der Waals surface area contributed by atoms with Crippen molar-refractivity contribution in [2.75, 3.05) is 25.7 Å². The summed E-state index contributed by atoms with van der Waals surface area (Å²) in [6, 6.07) is 7.62. The van der Waals surface area contributed by atoms with Gasteiger partial charge in [-0.15, -0.1) is 5.10 Å². The molecule has 6 rings (SSSR count). The molecule has 3 aromatic heterocycles. The quantitative estimate of drug-likeness (QED) is 0.299. The van der Waals surface area contributed by atoms with Crippen LogP contribution in [0.5, 0.6) is 11.5 Å². The third-order valence-corrected chi connectivity index (χ3v) is 7.15. The van der Waals surface area contributed by atoms with Crippen molar-refractivity contribution in [3.63, 3.8) is 0 Å². The Balaban J connectivity index is 1.47. The van der Waals surface area contributed by atoms with Gasteiger partial charge in [0.25, 0.3) is 0 Å². The number of anilines is 1. The Morgan fingerprint density at radius 3 is 2.55 bits per heavy atom. The molecule has 1 aliphatic heterocycles. The lowest BCUT2D eigenvalue weighted by Crippen LogP contribution is -2.32. The van der Waals surface area contributed by atoms with Gasteiger partial charge in [0.1, 0.15) is 0 Å². The first-order valence-corrected chi connectivity index (χ1v) is 12.6. The molecular weight excluding hydrogens is 523 g/mol. The Morgan fingerprint density at radius 2 is 1.82 bits per heavy atom. The molecule has 40 heavy (non-hydrogen) atoms. The standard InChI is InChI=1S/C28H26F3N7O2/c1-36-15-23(26(35-36)28(29,30)31)22-9-17(13-37-7-5-32-16-37)8-19-14-38(6-4-20(19)22)27-21-11-25(40-3)24(39-2)10-18(21)12-33-34-27/h5,7-12,15-16H,4,6,13-14H2,1-3H3. The van der Waals surface area contributed by atoms with Crippen LogP contribution in [-0.2, 0) is 32.7 Å². The minimum absolute atomic E-state index is 0.0777. The van der Waals surface area contributed by atoms with Gasteiger partial charge in [-0.1, -0.05) is 6.07 Å². The summed E-state index contributed by atoms with van der Waals surface area (Å²) in [4.78, 5) is 6.20. The van der Waals surface area contributed by atoms with Gasteiger partial charge in [-0.25, -0.2) is 4.98 Å². The number of hydrogen-bond acceptors (Lipinski definition) is 7. The van der Waals surface area contributed by atoms with E-state index < -0.39 is 11.9 Å². The molecule has 4 heterocycles. The maximum Gasteiger partial charge on any atom is 0.435 e. The molecule has 0 saturated carbocycles. The SMILES string of the molecule is COc1cc2cnnc(N3CCc4c(cc(Cn5ccnc5)cc4-c4cn(C)nc4C(F)(F)F)C3)c2cc1OC. The number of imidazole rings is 1. The van der Waals surface area contributed by atoms with Gasteiger partial charge in [-0.2, -0.15) is 23.4 Å². The van der Waals surface area contributed by atoms with Gasteiger partial charge >= 0.3 is 6.18 Å². The molecule has 0 amide bonds. The van der Waals surface area contributed by atoms with Crippen molar-refractivity contribution in [3.8, 4) is 22.6 Å². The fourth-order valence-corrected chi connectivity index (χ4v) is 5.39. The monoisotopic (exact) mass is 549 g/mol. The normalized spacial score (nSPS) is 13.5. The van der Waals surface area contributed by atoms with Crippen LogP contribution in [0.3, 0.4) is 0 Å². The summed E-state index contributed by atoms with van der Waals surface area (Å²) in [7, 11) is 4.66. The topological polar surface area (TPSA) is 83.1 Å². The lowest BCUT2D eigenvalue weighted by molar-refractivity contribution is -0.140. The largest absolute Gasteiger partial charge is 0.493 e. The van der Waals surface area contributed by atoms with Gasteiger partial charge in [-0.3, -0.25) is 4.68 Å². The van der Waals surface area contributed by atoms with Crippen LogP contribution in [0.25, 0.3) is 21.9 Å². The first-order valence-electron chi connectivity index (χ1n) is 12.6. The van der Waals surface area contributed by atoms with Crippen LogP contribution < -0.4 is 14.4 Å². The first-order chi connectivity index (χ1) is 19.2. The highest BCUT2D eigenvalue weighted by Crippen LogP contribution is 2.41. The molecule has 0 saturated heterocycles. The average molecular weight is 550 g/mol. The van der Waals surface area contributed by atoms with Crippen LogP contribution in [0.15, 0.2) is 55.4 Å². The molecular formula is C28H26F3N7O2. The number of nitrogens with zero attached hydrogens (tertiary/aromatic N) is 7. The second-order valence-electron chi connectivity index (χ2n) is 9.71. The molecule has 2 aromatic carbocycles. The Labute approximate surface area is 227 Å². The van der Waals surface area contributed by atoms with Crippen molar-refractivity contribution in [2.24, 2.45) is 7.05 Å². The molecule has 206 valence electrons. The van der Waals surface area contributed by atoms with Gasteiger partial charge in [-0.05, 0) is 46.9 Å². The summed E-state index contributed by atoms with van der Waals surface area (Å²) in [6.07, 6.45) is 4.24. The maximum absolute atomic E-state index is 14.0. The zero-order chi connectivity index (χ0) is 28.0. The molecule has 0 spiro atoms. The number of methoxy groups -OCH3 is 2. The molecule has 0 aliphatic carbocycles. The van der Waals surface area contributed by atoms with Crippen LogP contribution in [0.1, 0.15) is 22.4 Å². The molecule has 0 bridgehead atoms. The van der Waals surface area contributed by atoms with E-state index in [9.17, 15) is 13.2 Å². The van der Waals surface area contributed by atoms with E-state index in [0.29, 0.717) is 48.9 Å². The molecule has 0 N–H and O–H groups in total. The minimum atomic E-state index is -4.58. The lowest BCUT2D eigenvalue weighted by atomic mass is 9.88. The third-order valence-electron chi connectivity index (χ3n) is 7.15. The number of halogens is 3. The van der Waals surface area contributed by atoms with E-state index in [2.05, 4.69) is 31.2 Å². The van der Waals surface area contributed by atoms with Crippen molar-refractivity contribution in [2.45, 2.75) is 25.7 Å². The Hall–Kier alpha value is -4.61. The fraction of sp³-hybridized carbons (Fsp3) is 0.286. The summed E-state index contributed by atoms with van der Waals surface area (Å²) in [5, 5.41) is 14.1. The Morgan fingerprint density at radius 1 is 1.02 bits per heavy atom. The van der Waals surface area contributed by atoms with E-state index in [-0.39, 0.29) is 5.56 Å². The van der Waals surface area contributed by atoms with Crippen molar-refractivity contribution >= 4 is 16.6 Å². The first kappa shape index (κ1) is 25.7. The summed E-state index contributed by atoms with van der Waals surface area (Å²) < 4.78 is 56.1. The number of fused-ring (bicyclic) bond motifs is 2. The third kappa shape index (κ3) is 4.59. The predicted octanol–water partition coefficient (Wildman–Crippen LogP) is 4.87. The van der Waals surface area contributed by atoms with Crippen molar-refractivity contribution in [1.29, 1.82) is 0 Å². The van der Waals surface area contributed by atoms with Crippen molar-refractivity contribution < 1.29 is 22.6 Å². The van der Waals surface area contributed by atoms with E-state index in [4.69, 9.17) is 9.47 Å². The second kappa shape index (κ2) is 9.85. The van der Waals surface area contributed by atoms with E-state index in [1.54, 1.807) is 32.9 Å².